The number of phenols is 1. The Morgan fingerprint density at radius 1 is 1.05 bits per heavy atom. The molecule has 0 aliphatic heterocycles. The summed E-state index contributed by atoms with van der Waals surface area (Å²) in [6.45, 7) is 0. The summed E-state index contributed by atoms with van der Waals surface area (Å²) in [6, 6.07) is 5.74. The lowest BCUT2D eigenvalue weighted by Gasteiger charge is -2.11. The monoisotopic (exact) mass is 296 g/mol. The Kier molecular flexibility index (Phi) is 5.58. The fourth-order valence-electron chi connectivity index (χ4n) is 1.21. The molecule has 0 fully saturated rings. The van der Waals surface area contributed by atoms with Crippen molar-refractivity contribution in [2.24, 2.45) is 0 Å². The van der Waals surface area contributed by atoms with Gasteiger partial charge in [0, 0.05) is 6.08 Å². The maximum atomic E-state index is 11.3. The molecule has 0 saturated carbocycles. The molecular formula is C13H12O8. The summed E-state index contributed by atoms with van der Waals surface area (Å²) in [7, 11) is 0. The third-order valence-corrected chi connectivity index (χ3v) is 2.30. The van der Waals surface area contributed by atoms with Crippen LogP contribution in [0.5, 0.6) is 5.75 Å². The van der Waals surface area contributed by atoms with Gasteiger partial charge in [0.1, 0.15) is 5.75 Å². The maximum absolute atomic E-state index is 11.3. The first-order valence-corrected chi connectivity index (χ1v) is 5.63. The number of carboxylic acids is 1. The van der Waals surface area contributed by atoms with Gasteiger partial charge in [-0.05, 0) is 23.8 Å². The first-order chi connectivity index (χ1) is 9.81. The molecule has 1 aromatic carbocycles. The van der Waals surface area contributed by atoms with Crippen LogP contribution in [0.3, 0.4) is 0 Å². The van der Waals surface area contributed by atoms with Crippen molar-refractivity contribution in [2.45, 2.75) is 12.2 Å². The number of carbonyl (C=O) groups is 3. The summed E-state index contributed by atoms with van der Waals surface area (Å²) in [6.07, 6.45) is -2.61. The van der Waals surface area contributed by atoms with E-state index in [0.29, 0.717) is 5.56 Å². The number of hydrogen-bond acceptors (Lipinski definition) is 7. The highest BCUT2D eigenvalue weighted by Gasteiger charge is 2.32. The molecule has 0 aromatic heterocycles. The van der Waals surface area contributed by atoms with E-state index in [-0.39, 0.29) is 5.75 Å². The minimum absolute atomic E-state index is 0.0377. The van der Waals surface area contributed by atoms with Crippen LogP contribution >= 0.6 is 0 Å². The van der Waals surface area contributed by atoms with Crippen LogP contribution in [0.25, 0.3) is 6.08 Å². The SMILES string of the molecule is O=C(/C=C/c1ccc(O)cc1)OC(=O)C(O)C(O)C(=O)O. The van der Waals surface area contributed by atoms with Crippen LogP contribution in [0.15, 0.2) is 30.3 Å². The smallest absolute Gasteiger partial charge is 0.346 e. The van der Waals surface area contributed by atoms with Gasteiger partial charge in [-0.25, -0.2) is 14.4 Å². The number of ether oxygens (including phenoxy) is 1. The summed E-state index contributed by atoms with van der Waals surface area (Å²) in [5.74, 6) is -4.52. The zero-order valence-corrected chi connectivity index (χ0v) is 10.5. The predicted octanol–water partition coefficient (Wildman–Crippen LogP) is -0.718. The number of carbonyl (C=O) groups excluding carboxylic acids is 2. The molecular weight excluding hydrogens is 284 g/mol. The molecule has 1 rings (SSSR count). The van der Waals surface area contributed by atoms with Crippen LogP contribution in [0, 0.1) is 0 Å². The molecule has 0 amide bonds. The van der Waals surface area contributed by atoms with Crippen molar-refractivity contribution in [3.8, 4) is 5.75 Å². The van der Waals surface area contributed by atoms with E-state index in [0.717, 1.165) is 6.08 Å². The van der Waals surface area contributed by atoms with Gasteiger partial charge < -0.3 is 25.2 Å². The zero-order valence-electron chi connectivity index (χ0n) is 10.5. The van der Waals surface area contributed by atoms with Crippen molar-refractivity contribution in [1.82, 2.24) is 0 Å². The first-order valence-electron chi connectivity index (χ1n) is 5.63. The van der Waals surface area contributed by atoms with E-state index in [9.17, 15) is 14.4 Å². The van der Waals surface area contributed by atoms with E-state index >= 15 is 0 Å². The molecule has 0 aliphatic rings. The van der Waals surface area contributed by atoms with E-state index in [1.54, 1.807) is 0 Å². The molecule has 112 valence electrons. The highest BCUT2D eigenvalue weighted by atomic mass is 16.6. The lowest BCUT2D eigenvalue weighted by molar-refractivity contribution is -0.173. The summed E-state index contributed by atoms with van der Waals surface area (Å²) in [5, 5.41) is 35.4. The molecule has 1 aromatic rings. The minimum Gasteiger partial charge on any atom is -0.508 e. The van der Waals surface area contributed by atoms with Crippen LogP contribution in [0.1, 0.15) is 5.56 Å². The molecule has 21 heavy (non-hydrogen) atoms. The number of aromatic hydroxyl groups is 1. The minimum atomic E-state index is -2.38. The summed E-state index contributed by atoms with van der Waals surface area (Å²) in [4.78, 5) is 32.8. The molecule has 8 nitrogen and oxygen atoms in total. The van der Waals surface area contributed by atoms with Gasteiger partial charge >= 0.3 is 17.9 Å². The van der Waals surface area contributed by atoms with Gasteiger partial charge in [-0.3, -0.25) is 0 Å². The number of hydrogen-bond donors (Lipinski definition) is 4. The van der Waals surface area contributed by atoms with Crippen LogP contribution in [-0.4, -0.2) is 50.5 Å². The van der Waals surface area contributed by atoms with Crippen LogP contribution in [0.2, 0.25) is 0 Å². The van der Waals surface area contributed by atoms with Crippen molar-refractivity contribution in [3.63, 3.8) is 0 Å². The largest absolute Gasteiger partial charge is 0.508 e. The lowest BCUT2D eigenvalue weighted by atomic mass is 10.2. The number of aliphatic hydroxyl groups is 2. The van der Waals surface area contributed by atoms with Crippen LogP contribution in [-0.2, 0) is 19.1 Å². The van der Waals surface area contributed by atoms with Crippen molar-refractivity contribution >= 4 is 24.0 Å². The van der Waals surface area contributed by atoms with E-state index in [1.807, 2.05) is 0 Å². The molecule has 0 radical (unpaired) electrons. The fourth-order valence-corrected chi connectivity index (χ4v) is 1.21. The Hall–Kier alpha value is -2.71. The van der Waals surface area contributed by atoms with Gasteiger partial charge in [-0.1, -0.05) is 12.1 Å². The Morgan fingerprint density at radius 2 is 1.62 bits per heavy atom. The topological polar surface area (TPSA) is 141 Å². The van der Waals surface area contributed by atoms with Crippen LogP contribution < -0.4 is 0 Å². The maximum Gasteiger partial charge on any atom is 0.346 e. The summed E-state index contributed by atoms with van der Waals surface area (Å²) in [5.41, 5.74) is 0.531. The molecule has 2 atom stereocenters. The predicted molar refractivity (Wildman–Crippen MR) is 67.9 cm³/mol. The number of phenolic OH excluding ortho intramolecular Hbond substituents is 1. The Bertz CT molecular complexity index is 560. The van der Waals surface area contributed by atoms with Gasteiger partial charge in [0.2, 0.25) is 0 Å². The van der Waals surface area contributed by atoms with Crippen molar-refractivity contribution in [2.75, 3.05) is 0 Å². The van der Waals surface area contributed by atoms with Crippen molar-refractivity contribution < 1.29 is 39.5 Å². The number of benzene rings is 1. The number of carboxylic acid groups (broad SMARTS) is 1. The molecule has 0 heterocycles. The Balaban J connectivity index is 2.59. The van der Waals surface area contributed by atoms with Gasteiger partial charge in [-0.2, -0.15) is 0 Å². The molecule has 8 heteroatoms. The van der Waals surface area contributed by atoms with Gasteiger partial charge in [0.25, 0.3) is 0 Å². The molecule has 0 spiro atoms. The van der Waals surface area contributed by atoms with E-state index in [4.69, 9.17) is 20.4 Å². The average molecular weight is 296 g/mol. The summed E-state index contributed by atoms with van der Waals surface area (Å²) < 4.78 is 4.14. The molecule has 0 saturated heterocycles. The summed E-state index contributed by atoms with van der Waals surface area (Å²) >= 11 is 0. The van der Waals surface area contributed by atoms with Gasteiger partial charge in [0.05, 0.1) is 0 Å². The molecule has 0 aliphatic carbocycles. The zero-order chi connectivity index (χ0) is 16.0. The molecule has 0 bridgehead atoms. The fraction of sp³-hybridized carbons (Fsp3) is 0.154. The number of esters is 2. The quantitative estimate of drug-likeness (QED) is 0.317. The van der Waals surface area contributed by atoms with Gasteiger partial charge in [-0.15, -0.1) is 0 Å². The number of rotatable bonds is 5. The molecule has 4 N–H and O–H groups in total. The second kappa shape index (κ2) is 7.17. The van der Waals surface area contributed by atoms with Crippen molar-refractivity contribution in [3.05, 3.63) is 35.9 Å². The van der Waals surface area contributed by atoms with Crippen molar-refractivity contribution in [1.29, 1.82) is 0 Å². The normalized spacial score (nSPS) is 13.6. The second-order valence-corrected chi connectivity index (χ2v) is 3.89. The second-order valence-electron chi connectivity index (χ2n) is 3.89. The first kappa shape index (κ1) is 16.3. The Morgan fingerprint density at radius 3 is 2.14 bits per heavy atom. The number of aliphatic carboxylic acids is 1. The standard InChI is InChI=1S/C13H12O8/c14-8-4-1-7(2-5-8)3-6-9(15)21-13(20)11(17)10(16)12(18)19/h1-6,10-11,14,16-17H,(H,18,19)/b6-3+. The Labute approximate surface area is 118 Å². The van der Waals surface area contributed by atoms with E-state index in [2.05, 4.69) is 4.74 Å². The molecule has 2 unspecified atom stereocenters. The lowest BCUT2D eigenvalue weighted by Crippen LogP contribution is -2.41. The third kappa shape index (κ3) is 5.05. The third-order valence-electron chi connectivity index (χ3n) is 2.30. The van der Waals surface area contributed by atoms with E-state index < -0.39 is 30.1 Å². The average Bonchev–Trinajstić information content (AvgIpc) is 2.44. The highest BCUT2D eigenvalue weighted by Crippen LogP contribution is 2.10. The van der Waals surface area contributed by atoms with E-state index in [1.165, 1.54) is 30.3 Å². The highest BCUT2D eigenvalue weighted by molar-refractivity contribution is 5.97. The van der Waals surface area contributed by atoms with Crippen LogP contribution in [0.4, 0.5) is 0 Å². The van der Waals surface area contributed by atoms with Gasteiger partial charge in [0.15, 0.2) is 12.2 Å². The number of aliphatic hydroxyl groups excluding tert-OH is 2.